The highest BCUT2D eigenvalue weighted by Gasteiger charge is 2.36. The molecule has 2 atom stereocenters. The van der Waals surface area contributed by atoms with Gasteiger partial charge in [0, 0.05) is 24.0 Å². The first-order chi connectivity index (χ1) is 8.29. The second-order valence-corrected chi connectivity index (χ2v) is 5.73. The van der Waals surface area contributed by atoms with E-state index in [0.29, 0.717) is 17.5 Å². The molecule has 17 heavy (non-hydrogen) atoms. The average molecular weight is 240 g/mol. The summed E-state index contributed by atoms with van der Waals surface area (Å²) in [5.41, 5.74) is 0.470. The molecule has 1 aliphatic carbocycles. The normalized spacial score (nSPS) is 31.4. The summed E-state index contributed by atoms with van der Waals surface area (Å²) in [6, 6.07) is 0.566. The van der Waals surface area contributed by atoms with Gasteiger partial charge in [-0.25, -0.2) is 0 Å². The van der Waals surface area contributed by atoms with Crippen LogP contribution in [-0.2, 0) is 4.74 Å². The molecule has 2 N–H and O–H groups in total. The van der Waals surface area contributed by atoms with Gasteiger partial charge in [-0.1, -0.05) is 13.8 Å². The minimum absolute atomic E-state index is 0.470. The Morgan fingerprint density at radius 1 is 1.24 bits per heavy atom. The minimum atomic E-state index is 0.470. The lowest BCUT2D eigenvalue weighted by molar-refractivity contribution is 0.155. The van der Waals surface area contributed by atoms with Gasteiger partial charge < -0.3 is 15.4 Å². The summed E-state index contributed by atoms with van der Waals surface area (Å²) in [4.78, 5) is 0. The van der Waals surface area contributed by atoms with Crippen molar-refractivity contribution in [3.05, 3.63) is 0 Å². The van der Waals surface area contributed by atoms with E-state index in [1.807, 2.05) is 0 Å². The van der Waals surface area contributed by atoms with Crippen LogP contribution in [0, 0.1) is 5.92 Å². The van der Waals surface area contributed by atoms with Crippen LogP contribution in [0.15, 0.2) is 0 Å². The lowest BCUT2D eigenvalue weighted by atomic mass is 9.74. The highest BCUT2D eigenvalue weighted by Crippen LogP contribution is 2.34. The molecule has 2 rings (SSSR count). The van der Waals surface area contributed by atoms with Gasteiger partial charge in [-0.15, -0.1) is 0 Å². The van der Waals surface area contributed by atoms with Gasteiger partial charge in [0.2, 0.25) is 0 Å². The van der Waals surface area contributed by atoms with E-state index in [2.05, 4.69) is 24.5 Å². The zero-order valence-corrected chi connectivity index (χ0v) is 11.4. The standard InChI is InChI=1S/C14H28N2O/c1-3-8-15-13-11-17-10-12(13)9-16-14(4-2)6-5-7-14/h12-13,15-16H,3-11H2,1-2H3. The largest absolute Gasteiger partial charge is 0.379 e. The molecule has 1 saturated carbocycles. The molecule has 0 aromatic rings. The molecule has 0 bridgehead atoms. The molecule has 0 spiro atoms. The van der Waals surface area contributed by atoms with Gasteiger partial charge in [-0.2, -0.15) is 0 Å². The Bertz CT molecular complexity index is 223. The van der Waals surface area contributed by atoms with Crippen LogP contribution in [-0.4, -0.2) is 37.9 Å². The minimum Gasteiger partial charge on any atom is -0.379 e. The van der Waals surface area contributed by atoms with E-state index in [1.165, 1.54) is 32.1 Å². The fourth-order valence-corrected chi connectivity index (χ4v) is 2.96. The predicted octanol–water partition coefficient (Wildman–Crippen LogP) is 1.92. The van der Waals surface area contributed by atoms with Crippen molar-refractivity contribution in [3.63, 3.8) is 0 Å². The summed E-state index contributed by atoms with van der Waals surface area (Å²) in [6.07, 6.45) is 6.61. The average Bonchev–Trinajstić information content (AvgIpc) is 2.73. The van der Waals surface area contributed by atoms with Crippen LogP contribution < -0.4 is 10.6 Å². The molecule has 1 heterocycles. The van der Waals surface area contributed by atoms with Crippen molar-refractivity contribution in [2.45, 2.75) is 57.5 Å². The third kappa shape index (κ3) is 3.21. The Balaban J connectivity index is 1.73. The van der Waals surface area contributed by atoms with Gasteiger partial charge >= 0.3 is 0 Å². The van der Waals surface area contributed by atoms with Crippen molar-refractivity contribution in [1.82, 2.24) is 10.6 Å². The summed E-state index contributed by atoms with van der Waals surface area (Å²) in [6.45, 7) is 8.58. The molecule has 0 aromatic heterocycles. The van der Waals surface area contributed by atoms with E-state index in [-0.39, 0.29) is 0 Å². The topological polar surface area (TPSA) is 33.3 Å². The van der Waals surface area contributed by atoms with E-state index >= 15 is 0 Å². The summed E-state index contributed by atoms with van der Waals surface area (Å²) < 4.78 is 5.61. The van der Waals surface area contributed by atoms with Gasteiger partial charge in [-0.3, -0.25) is 0 Å². The lowest BCUT2D eigenvalue weighted by Gasteiger charge is -2.43. The highest BCUT2D eigenvalue weighted by molar-refractivity contribution is 4.96. The maximum absolute atomic E-state index is 5.61. The second-order valence-electron chi connectivity index (χ2n) is 5.73. The predicted molar refractivity (Wildman–Crippen MR) is 71.3 cm³/mol. The Hall–Kier alpha value is -0.120. The van der Waals surface area contributed by atoms with Crippen LogP contribution in [0.25, 0.3) is 0 Å². The molecule has 0 amide bonds. The van der Waals surface area contributed by atoms with Crippen molar-refractivity contribution in [2.75, 3.05) is 26.3 Å². The van der Waals surface area contributed by atoms with Crippen LogP contribution in [0.2, 0.25) is 0 Å². The van der Waals surface area contributed by atoms with Crippen LogP contribution >= 0.6 is 0 Å². The molecule has 3 heteroatoms. The molecule has 100 valence electrons. The van der Waals surface area contributed by atoms with Crippen LogP contribution in [0.3, 0.4) is 0 Å². The van der Waals surface area contributed by atoms with Crippen molar-refractivity contribution in [1.29, 1.82) is 0 Å². The summed E-state index contributed by atoms with van der Waals surface area (Å²) >= 11 is 0. The number of ether oxygens (including phenoxy) is 1. The first kappa shape index (κ1) is 13.3. The molecule has 1 saturated heterocycles. The molecular weight excluding hydrogens is 212 g/mol. The number of hydrogen-bond acceptors (Lipinski definition) is 3. The Morgan fingerprint density at radius 2 is 2.06 bits per heavy atom. The van der Waals surface area contributed by atoms with Crippen LogP contribution in [0.5, 0.6) is 0 Å². The van der Waals surface area contributed by atoms with E-state index in [1.54, 1.807) is 0 Å². The number of hydrogen-bond donors (Lipinski definition) is 2. The van der Waals surface area contributed by atoms with Crippen molar-refractivity contribution >= 4 is 0 Å². The second kappa shape index (κ2) is 6.17. The first-order valence-electron chi connectivity index (χ1n) is 7.36. The van der Waals surface area contributed by atoms with Crippen molar-refractivity contribution in [2.24, 2.45) is 5.92 Å². The van der Waals surface area contributed by atoms with E-state index in [0.717, 1.165) is 26.3 Å². The highest BCUT2D eigenvalue weighted by atomic mass is 16.5. The smallest absolute Gasteiger partial charge is 0.0623 e. The first-order valence-corrected chi connectivity index (χ1v) is 7.36. The van der Waals surface area contributed by atoms with E-state index < -0.39 is 0 Å². The Labute approximate surface area is 106 Å². The zero-order chi connectivity index (χ0) is 12.1. The van der Waals surface area contributed by atoms with E-state index in [4.69, 9.17) is 4.74 Å². The van der Waals surface area contributed by atoms with E-state index in [9.17, 15) is 0 Å². The van der Waals surface area contributed by atoms with Crippen molar-refractivity contribution in [3.8, 4) is 0 Å². The molecule has 1 aliphatic heterocycles. The maximum atomic E-state index is 5.61. The SMILES string of the molecule is CCCNC1COCC1CNC1(CC)CCC1. The Kier molecular flexibility index (Phi) is 4.83. The molecule has 3 nitrogen and oxygen atoms in total. The van der Waals surface area contributed by atoms with Gasteiger partial charge in [0.1, 0.15) is 0 Å². The molecule has 2 unspecified atom stereocenters. The van der Waals surface area contributed by atoms with Gasteiger partial charge in [0.15, 0.2) is 0 Å². The molecular formula is C14H28N2O. The summed E-state index contributed by atoms with van der Waals surface area (Å²) in [5.74, 6) is 0.658. The molecule has 0 aromatic carbocycles. The Morgan fingerprint density at radius 3 is 2.65 bits per heavy atom. The van der Waals surface area contributed by atoms with Gasteiger partial charge in [0.05, 0.1) is 13.2 Å². The zero-order valence-electron chi connectivity index (χ0n) is 11.4. The monoisotopic (exact) mass is 240 g/mol. The fraction of sp³-hybridized carbons (Fsp3) is 1.00. The summed E-state index contributed by atoms with van der Waals surface area (Å²) in [5, 5.41) is 7.42. The lowest BCUT2D eigenvalue weighted by Crippen LogP contribution is -2.53. The quantitative estimate of drug-likeness (QED) is 0.713. The summed E-state index contributed by atoms with van der Waals surface area (Å²) in [7, 11) is 0. The van der Waals surface area contributed by atoms with Crippen LogP contribution in [0.4, 0.5) is 0 Å². The van der Waals surface area contributed by atoms with Crippen molar-refractivity contribution < 1.29 is 4.74 Å². The fourth-order valence-electron chi connectivity index (χ4n) is 2.96. The van der Waals surface area contributed by atoms with Gasteiger partial charge in [-0.05, 0) is 38.6 Å². The molecule has 0 radical (unpaired) electrons. The molecule has 2 fully saturated rings. The van der Waals surface area contributed by atoms with Gasteiger partial charge in [0.25, 0.3) is 0 Å². The maximum Gasteiger partial charge on any atom is 0.0623 e. The number of nitrogens with one attached hydrogen (secondary N) is 2. The van der Waals surface area contributed by atoms with Crippen LogP contribution in [0.1, 0.15) is 46.0 Å². The third-order valence-electron chi connectivity index (χ3n) is 4.58. The number of rotatable bonds is 7. The molecule has 2 aliphatic rings. The third-order valence-corrected chi connectivity index (χ3v) is 4.58.